The molecule has 0 bridgehead atoms. The first kappa shape index (κ1) is 21.3. The Kier molecular flexibility index (Phi) is 5.88. The summed E-state index contributed by atoms with van der Waals surface area (Å²) in [6.07, 6.45) is 1.02. The summed E-state index contributed by atoms with van der Waals surface area (Å²) in [5, 5.41) is 4.02. The molecule has 2 heterocycles. The molecule has 4 aromatic rings. The third-order valence-electron chi connectivity index (χ3n) is 6.56. The van der Waals surface area contributed by atoms with Crippen molar-refractivity contribution in [3.63, 3.8) is 0 Å². The van der Waals surface area contributed by atoms with Crippen LogP contribution in [-0.2, 0) is 26.1 Å². The SMILES string of the molecule is CNC(=O)c1ccc(Cn2c3c(c4ccccc42)CN(Cc2cccc(OC)c2)CC3)cc1. The minimum atomic E-state index is -0.0542. The number of rotatable bonds is 6. The lowest BCUT2D eigenvalue weighted by Gasteiger charge is -2.28. The molecule has 0 saturated heterocycles. The molecule has 0 aliphatic carbocycles. The number of nitrogens with zero attached hydrogens (tertiary/aromatic N) is 2. The Bertz CT molecular complexity index is 1290. The number of para-hydroxylation sites is 1. The van der Waals surface area contributed by atoms with Crippen molar-refractivity contribution in [1.29, 1.82) is 0 Å². The van der Waals surface area contributed by atoms with Crippen LogP contribution in [-0.4, -0.2) is 36.1 Å². The molecule has 0 fully saturated rings. The highest BCUT2D eigenvalue weighted by molar-refractivity contribution is 5.94. The van der Waals surface area contributed by atoms with Gasteiger partial charge in [0.15, 0.2) is 0 Å². The maximum absolute atomic E-state index is 11.9. The number of nitrogens with one attached hydrogen (secondary N) is 1. The van der Waals surface area contributed by atoms with E-state index >= 15 is 0 Å². The molecule has 0 spiro atoms. The fraction of sp³-hybridized carbons (Fsp3) is 0.250. The number of methoxy groups -OCH3 is 1. The molecule has 5 rings (SSSR count). The zero-order valence-corrected chi connectivity index (χ0v) is 19.2. The van der Waals surface area contributed by atoms with Crippen LogP contribution in [0.3, 0.4) is 0 Å². The largest absolute Gasteiger partial charge is 0.497 e. The summed E-state index contributed by atoms with van der Waals surface area (Å²) >= 11 is 0. The first-order valence-corrected chi connectivity index (χ1v) is 11.4. The van der Waals surface area contributed by atoms with Crippen molar-refractivity contribution in [2.75, 3.05) is 20.7 Å². The van der Waals surface area contributed by atoms with E-state index in [9.17, 15) is 4.79 Å². The summed E-state index contributed by atoms with van der Waals surface area (Å²) in [6, 6.07) is 25.0. The Labute approximate surface area is 194 Å². The molecule has 33 heavy (non-hydrogen) atoms. The van der Waals surface area contributed by atoms with Crippen LogP contribution in [0, 0.1) is 0 Å². The fourth-order valence-corrected chi connectivity index (χ4v) is 4.89. The number of benzene rings is 3. The first-order chi connectivity index (χ1) is 16.2. The van der Waals surface area contributed by atoms with Crippen molar-refractivity contribution in [2.45, 2.75) is 26.1 Å². The summed E-state index contributed by atoms with van der Waals surface area (Å²) in [5.41, 5.74) is 7.30. The number of carbonyl (C=O) groups excluding carboxylic acids is 1. The number of ether oxygens (including phenoxy) is 1. The highest BCUT2D eigenvalue weighted by Crippen LogP contribution is 2.32. The van der Waals surface area contributed by atoms with E-state index in [0.29, 0.717) is 5.56 Å². The van der Waals surface area contributed by atoms with Crippen molar-refractivity contribution in [3.8, 4) is 5.75 Å². The molecule has 5 heteroatoms. The molecule has 1 aliphatic heterocycles. The van der Waals surface area contributed by atoms with E-state index < -0.39 is 0 Å². The van der Waals surface area contributed by atoms with Gasteiger partial charge >= 0.3 is 0 Å². The van der Waals surface area contributed by atoms with E-state index in [1.165, 1.54) is 33.3 Å². The number of amides is 1. The van der Waals surface area contributed by atoms with Gasteiger partial charge in [-0.05, 0) is 47.0 Å². The van der Waals surface area contributed by atoms with E-state index in [4.69, 9.17) is 4.74 Å². The van der Waals surface area contributed by atoms with Crippen molar-refractivity contribution in [2.24, 2.45) is 0 Å². The standard InChI is InChI=1S/C28H29N3O2/c1-29-28(32)22-12-10-20(11-13-22)18-31-26-9-4-3-8-24(26)25-19-30(15-14-27(25)31)17-21-6-5-7-23(16-21)33-2/h3-13,16H,14-15,17-19H2,1-2H3,(H,29,32). The molecule has 1 aromatic heterocycles. The van der Waals surface area contributed by atoms with E-state index in [0.717, 1.165) is 38.3 Å². The van der Waals surface area contributed by atoms with Gasteiger partial charge in [0.05, 0.1) is 7.11 Å². The summed E-state index contributed by atoms with van der Waals surface area (Å²) in [6.45, 7) is 3.68. The number of carbonyl (C=O) groups is 1. The molecular weight excluding hydrogens is 410 g/mol. The molecule has 1 amide bonds. The number of aromatic nitrogens is 1. The van der Waals surface area contributed by atoms with Gasteiger partial charge in [-0.3, -0.25) is 9.69 Å². The number of hydrogen-bond donors (Lipinski definition) is 1. The van der Waals surface area contributed by atoms with Crippen LogP contribution in [0.25, 0.3) is 10.9 Å². The van der Waals surface area contributed by atoms with E-state index in [1.54, 1.807) is 14.2 Å². The lowest BCUT2D eigenvalue weighted by molar-refractivity contribution is 0.0963. The summed E-state index contributed by atoms with van der Waals surface area (Å²) < 4.78 is 7.86. The first-order valence-electron chi connectivity index (χ1n) is 11.4. The number of hydrogen-bond acceptors (Lipinski definition) is 3. The van der Waals surface area contributed by atoms with Gasteiger partial charge in [-0.15, -0.1) is 0 Å². The van der Waals surface area contributed by atoms with Gasteiger partial charge in [-0.1, -0.05) is 42.5 Å². The zero-order chi connectivity index (χ0) is 22.8. The second-order valence-corrected chi connectivity index (χ2v) is 8.62. The maximum atomic E-state index is 11.9. The molecule has 0 atom stereocenters. The quantitative estimate of drug-likeness (QED) is 0.477. The predicted molar refractivity (Wildman–Crippen MR) is 132 cm³/mol. The molecule has 3 aromatic carbocycles. The highest BCUT2D eigenvalue weighted by atomic mass is 16.5. The van der Waals surface area contributed by atoms with Gasteiger partial charge in [-0.2, -0.15) is 0 Å². The zero-order valence-electron chi connectivity index (χ0n) is 19.2. The van der Waals surface area contributed by atoms with Crippen LogP contribution >= 0.6 is 0 Å². The minimum absolute atomic E-state index is 0.0542. The van der Waals surface area contributed by atoms with Crippen molar-refractivity contribution < 1.29 is 9.53 Å². The van der Waals surface area contributed by atoms with Crippen molar-refractivity contribution >= 4 is 16.8 Å². The fourth-order valence-electron chi connectivity index (χ4n) is 4.89. The molecule has 168 valence electrons. The van der Waals surface area contributed by atoms with Crippen LogP contribution in [0.15, 0.2) is 72.8 Å². The molecule has 0 unspecified atom stereocenters. The predicted octanol–water partition coefficient (Wildman–Crippen LogP) is 4.62. The van der Waals surface area contributed by atoms with E-state index in [2.05, 4.69) is 69.4 Å². The lowest BCUT2D eigenvalue weighted by Crippen LogP contribution is -2.30. The topological polar surface area (TPSA) is 46.5 Å². The molecule has 0 radical (unpaired) electrons. The molecule has 5 nitrogen and oxygen atoms in total. The van der Waals surface area contributed by atoms with E-state index in [1.807, 2.05) is 18.2 Å². The maximum Gasteiger partial charge on any atom is 0.251 e. The third-order valence-corrected chi connectivity index (χ3v) is 6.56. The lowest BCUT2D eigenvalue weighted by atomic mass is 10.0. The highest BCUT2D eigenvalue weighted by Gasteiger charge is 2.24. The smallest absolute Gasteiger partial charge is 0.251 e. The van der Waals surface area contributed by atoms with Gasteiger partial charge in [0, 0.05) is 61.8 Å². The van der Waals surface area contributed by atoms with Gasteiger partial charge < -0.3 is 14.6 Å². The van der Waals surface area contributed by atoms with Gasteiger partial charge in [0.25, 0.3) is 5.91 Å². The minimum Gasteiger partial charge on any atom is -0.497 e. The number of fused-ring (bicyclic) bond motifs is 3. The van der Waals surface area contributed by atoms with Crippen LogP contribution in [0.1, 0.15) is 32.7 Å². The Morgan fingerprint density at radius 2 is 1.79 bits per heavy atom. The van der Waals surface area contributed by atoms with Crippen LogP contribution in [0.4, 0.5) is 0 Å². The second-order valence-electron chi connectivity index (χ2n) is 8.62. The second kappa shape index (κ2) is 9.12. The Morgan fingerprint density at radius 3 is 2.58 bits per heavy atom. The van der Waals surface area contributed by atoms with E-state index in [-0.39, 0.29) is 5.91 Å². The summed E-state index contributed by atoms with van der Waals surface area (Å²) in [5.74, 6) is 0.853. The van der Waals surface area contributed by atoms with Crippen LogP contribution < -0.4 is 10.1 Å². The Balaban J connectivity index is 1.43. The molecule has 0 saturated carbocycles. The summed E-state index contributed by atoms with van der Waals surface area (Å²) in [4.78, 5) is 14.4. The molecule has 1 aliphatic rings. The normalized spacial score (nSPS) is 13.6. The third kappa shape index (κ3) is 4.24. The molecule has 1 N–H and O–H groups in total. The van der Waals surface area contributed by atoms with Crippen molar-refractivity contribution in [3.05, 3.63) is 101 Å². The van der Waals surface area contributed by atoms with Gasteiger partial charge in [-0.25, -0.2) is 0 Å². The Hall–Kier alpha value is -3.57. The summed E-state index contributed by atoms with van der Waals surface area (Å²) in [7, 11) is 3.37. The van der Waals surface area contributed by atoms with Gasteiger partial charge in [0.2, 0.25) is 0 Å². The van der Waals surface area contributed by atoms with Crippen LogP contribution in [0.5, 0.6) is 5.75 Å². The monoisotopic (exact) mass is 439 g/mol. The van der Waals surface area contributed by atoms with Gasteiger partial charge in [0.1, 0.15) is 5.75 Å². The average Bonchev–Trinajstić information content (AvgIpc) is 3.17. The Morgan fingerprint density at radius 1 is 0.970 bits per heavy atom. The molecular formula is C28H29N3O2. The van der Waals surface area contributed by atoms with Crippen LogP contribution in [0.2, 0.25) is 0 Å². The average molecular weight is 440 g/mol. The van der Waals surface area contributed by atoms with Crippen molar-refractivity contribution in [1.82, 2.24) is 14.8 Å².